The molecule has 3 nitrogen and oxygen atoms in total. The van der Waals surface area contributed by atoms with Crippen molar-refractivity contribution in [3.8, 4) is 0 Å². The Hall–Kier alpha value is -0.940. The minimum absolute atomic E-state index is 0.242. The molecule has 0 unspecified atom stereocenters. The number of allylic oxidation sites excluding steroid dienone is 2. The first kappa shape index (κ1) is 20.7. The second-order valence-corrected chi connectivity index (χ2v) is 11.7. The first-order chi connectivity index (χ1) is 15.0. The molecule has 1 aliphatic heterocycles. The molecule has 2 bridgehead atoms. The van der Waals surface area contributed by atoms with Crippen molar-refractivity contribution in [1.29, 1.82) is 0 Å². The third-order valence-corrected chi connectivity index (χ3v) is 10.3. The van der Waals surface area contributed by atoms with Crippen LogP contribution >= 0.6 is 15.9 Å². The highest BCUT2D eigenvalue weighted by Crippen LogP contribution is 2.77. The molecule has 166 valence electrons. The number of ether oxygens (including phenoxy) is 3. The number of hydrogen-bond acceptors (Lipinski definition) is 3. The first-order valence-electron chi connectivity index (χ1n) is 11.9. The van der Waals surface area contributed by atoms with Gasteiger partial charge in [-0.2, -0.15) is 0 Å². The van der Waals surface area contributed by atoms with Crippen molar-refractivity contribution in [3.63, 3.8) is 0 Å². The van der Waals surface area contributed by atoms with E-state index in [1.54, 1.807) is 0 Å². The predicted octanol–water partition coefficient (Wildman–Crippen LogP) is 6.24. The van der Waals surface area contributed by atoms with Crippen LogP contribution in [0.3, 0.4) is 0 Å². The van der Waals surface area contributed by atoms with Crippen LogP contribution in [0.25, 0.3) is 0 Å². The molecule has 0 radical (unpaired) electrons. The molecule has 2 spiro atoms. The SMILES string of the molecule is C=C1C[C@]23C[C@H]1C1(C[C@H]2[C@]2(C)CCC=C(Br)[C@H]2[C@@H]3COCc2ccccc2)OCCO1. The molecule has 1 aromatic rings. The van der Waals surface area contributed by atoms with E-state index in [1.165, 1.54) is 22.0 Å². The van der Waals surface area contributed by atoms with Crippen molar-refractivity contribution >= 4 is 15.9 Å². The number of benzene rings is 1. The van der Waals surface area contributed by atoms with Gasteiger partial charge in [-0.1, -0.05) is 71.4 Å². The van der Waals surface area contributed by atoms with Crippen LogP contribution in [0.1, 0.15) is 44.6 Å². The largest absolute Gasteiger partial charge is 0.376 e. The lowest BCUT2D eigenvalue weighted by molar-refractivity contribution is -0.229. The standard InChI is InChI=1S/C27H33BrO3/c1-18-13-26-14-20(18)27(30-11-12-31-27)15-23(26)25(2)10-6-9-22(28)24(25)21(26)17-29-16-19-7-4-3-5-8-19/h3-5,7-9,20-21,23-24H,1,6,10-17H2,2H3/t20-,21+,23+,24-,25+,26-/m1/s1. The third kappa shape index (κ3) is 2.87. The van der Waals surface area contributed by atoms with Crippen LogP contribution in [0.15, 0.2) is 53.0 Å². The van der Waals surface area contributed by atoms with Gasteiger partial charge >= 0.3 is 0 Å². The van der Waals surface area contributed by atoms with Crippen molar-refractivity contribution in [1.82, 2.24) is 0 Å². The first-order valence-corrected chi connectivity index (χ1v) is 12.7. The molecule has 5 aliphatic rings. The average Bonchev–Trinajstić information content (AvgIpc) is 3.39. The maximum absolute atomic E-state index is 6.45. The Labute approximate surface area is 194 Å². The summed E-state index contributed by atoms with van der Waals surface area (Å²) in [6.07, 6.45) is 8.06. The number of halogens is 1. The van der Waals surface area contributed by atoms with Gasteiger partial charge in [0, 0.05) is 18.3 Å². The molecule has 0 amide bonds. The molecule has 6 atom stereocenters. The van der Waals surface area contributed by atoms with Crippen LogP contribution in [0, 0.1) is 34.5 Å². The Balaban J connectivity index is 1.36. The maximum Gasteiger partial charge on any atom is 0.175 e. The van der Waals surface area contributed by atoms with Crippen LogP contribution in [0.4, 0.5) is 0 Å². The van der Waals surface area contributed by atoms with Crippen LogP contribution in [0.2, 0.25) is 0 Å². The number of hydrogen-bond donors (Lipinski definition) is 0. The molecule has 1 heterocycles. The van der Waals surface area contributed by atoms with Crippen molar-refractivity contribution in [2.24, 2.45) is 34.5 Å². The lowest BCUT2D eigenvalue weighted by Gasteiger charge is -2.50. The summed E-state index contributed by atoms with van der Waals surface area (Å²) in [5.41, 5.74) is 3.08. The molecule has 0 aromatic heterocycles. The van der Waals surface area contributed by atoms with Gasteiger partial charge in [0.05, 0.1) is 26.4 Å². The molecular weight excluding hydrogens is 452 g/mol. The van der Waals surface area contributed by atoms with Crippen LogP contribution in [-0.2, 0) is 20.8 Å². The summed E-state index contributed by atoms with van der Waals surface area (Å²) in [6.45, 7) is 10.0. The van der Waals surface area contributed by atoms with Gasteiger partial charge in [0.2, 0.25) is 0 Å². The fourth-order valence-corrected chi connectivity index (χ4v) is 9.43. The highest BCUT2D eigenvalue weighted by molar-refractivity contribution is 9.11. The number of rotatable bonds is 4. The third-order valence-electron chi connectivity index (χ3n) is 9.50. The zero-order valence-electron chi connectivity index (χ0n) is 18.4. The van der Waals surface area contributed by atoms with E-state index in [1.807, 2.05) is 0 Å². The summed E-state index contributed by atoms with van der Waals surface area (Å²) in [4.78, 5) is 0. The maximum atomic E-state index is 6.45. The van der Waals surface area contributed by atoms with Crippen LogP contribution in [0.5, 0.6) is 0 Å². The van der Waals surface area contributed by atoms with Crippen molar-refractivity contribution in [2.45, 2.75) is 51.4 Å². The van der Waals surface area contributed by atoms with Gasteiger partial charge in [-0.05, 0) is 58.4 Å². The Kier molecular flexibility index (Phi) is 4.85. The van der Waals surface area contributed by atoms with Gasteiger partial charge in [0.25, 0.3) is 0 Å². The molecule has 1 saturated heterocycles. The highest BCUT2D eigenvalue weighted by Gasteiger charge is 2.74. The molecule has 3 saturated carbocycles. The lowest BCUT2D eigenvalue weighted by Crippen LogP contribution is -2.50. The zero-order chi connectivity index (χ0) is 21.3. The van der Waals surface area contributed by atoms with E-state index in [2.05, 4.69) is 65.8 Å². The van der Waals surface area contributed by atoms with E-state index in [4.69, 9.17) is 14.2 Å². The molecule has 4 aliphatic carbocycles. The lowest BCUT2D eigenvalue weighted by atomic mass is 9.58. The normalized spacial score (nSPS) is 42.5. The quantitative estimate of drug-likeness (QED) is 0.473. The molecule has 31 heavy (non-hydrogen) atoms. The van der Waals surface area contributed by atoms with Crippen molar-refractivity contribution in [2.75, 3.05) is 19.8 Å². The fourth-order valence-electron chi connectivity index (χ4n) is 8.36. The zero-order valence-corrected chi connectivity index (χ0v) is 20.0. The molecular formula is C27H33BrO3. The molecule has 6 rings (SSSR count). The van der Waals surface area contributed by atoms with Crippen molar-refractivity contribution in [3.05, 3.63) is 58.6 Å². The van der Waals surface area contributed by atoms with Crippen LogP contribution in [-0.4, -0.2) is 25.6 Å². The predicted molar refractivity (Wildman–Crippen MR) is 124 cm³/mol. The average molecular weight is 485 g/mol. The van der Waals surface area contributed by atoms with E-state index in [0.29, 0.717) is 30.3 Å². The van der Waals surface area contributed by atoms with E-state index in [0.717, 1.165) is 45.5 Å². The summed E-state index contributed by atoms with van der Waals surface area (Å²) in [6, 6.07) is 10.6. The van der Waals surface area contributed by atoms with Gasteiger partial charge in [-0.3, -0.25) is 0 Å². The smallest absolute Gasteiger partial charge is 0.175 e. The number of fused-ring (bicyclic) bond motifs is 4. The van der Waals surface area contributed by atoms with Gasteiger partial charge in [0.1, 0.15) is 0 Å². The summed E-state index contributed by atoms with van der Waals surface area (Å²) in [5.74, 6) is 1.48. The Morgan fingerprint density at radius 3 is 2.71 bits per heavy atom. The molecule has 4 fully saturated rings. The summed E-state index contributed by atoms with van der Waals surface area (Å²) in [5, 5.41) is 0. The van der Waals surface area contributed by atoms with E-state index in [-0.39, 0.29) is 10.8 Å². The van der Waals surface area contributed by atoms with Gasteiger partial charge in [-0.25, -0.2) is 0 Å². The summed E-state index contributed by atoms with van der Waals surface area (Å²) >= 11 is 4.02. The Morgan fingerprint density at radius 2 is 1.94 bits per heavy atom. The molecule has 0 N–H and O–H groups in total. The Morgan fingerprint density at radius 1 is 1.16 bits per heavy atom. The van der Waals surface area contributed by atoms with E-state index >= 15 is 0 Å². The van der Waals surface area contributed by atoms with Gasteiger partial charge < -0.3 is 14.2 Å². The van der Waals surface area contributed by atoms with E-state index < -0.39 is 5.79 Å². The monoisotopic (exact) mass is 484 g/mol. The molecule has 1 aromatic carbocycles. The minimum Gasteiger partial charge on any atom is -0.376 e. The van der Waals surface area contributed by atoms with Gasteiger partial charge in [-0.15, -0.1) is 0 Å². The minimum atomic E-state index is -0.428. The van der Waals surface area contributed by atoms with E-state index in [9.17, 15) is 0 Å². The summed E-state index contributed by atoms with van der Waals surface area (Å²) < 4.78 is 20.6. The second-order valence-electron chi connectivity index (χ2n) is 10.8. The second kappa shape index (κ2) is 7.28. The van der Waals surface area contributed by atoms with Crippen LogP contribution < -0.4 is 0 Å². The Bertz CT molecular complexity index is 904. The van der Waals surface area contributed by atoms with Gasteiger partial charge in [0.15, 0.2) is 5.79 Å². The topological polar surface area (TPSA) is 27.7 Å². The highest BCUT2D eigenvalue weighted by atomic mass is 79.9. The molecule has 4 heteroatoms. The fraction of sp³-hybridized carbons (Fsp3) is 0.630. The van der Waals surface area contributed by atoms with Crippen molar-refractivity contribution < 1.29 is 14.2 Å². The summed E-state index contributed by atoms with van der Waals surface area (Å²) in [7, 11) is 0.